The molecule has 25 heavy (non-hydrogen) atoms. The molecular weight excluding hydrogens is 312 g/mol. The van der Waals surface area contributed by atoms with Crippen molar-refractivity contribution >= 4 is 5.96 Å². The average Bonchev–Trinajstić information content (AvgIpc) is 3.08. The number of guanidine groups is 1. The molecule has 0 aromatic carbocycles. The van der Waals surface area contributed by atoms with Gasteiger partial charge in [-0.1, -0.05) is 19.8 Å². The van der Waals surface area contributed by atoms with E-state index in [0.29, 0.717) is 6.04 Å². The van der Waals surface area contributed by atoms with E-state index < -0.39 is 0 Å². The molecule has 2 aliphatic heterocycles. The van der Waals surface area contributed by atoms with Crippen molar-refractivity contribution in [2.45, 2.75) is 64.5 Å². The van der Waals surface area contributed by atoms with E-state index in [1.165, 1.54) is 45.1 Å². The zero-order chi connectivity index (χ0) is 17.6. The molecule has 0 spiro atoms. The minimum absolute atomic E-state index is 0.256. The molecule has 5 heteroatoms. The van der Waals surface area contributed by atoms with Crippen molar-refractivity contribution in [2.24, 2.45) is 16.8 Å². The largest absolute Gasteiger partial charge is 0.373 e. The molecule has 3 aliphatic rings. The zero-order valence-electron chi connectivity index (χ0n) is 16.5. The molecule has 3 fully saturated rings. The third kappa shape index (κ3) is 5.33. The highest BCUT2D eigenvalue weighted by Gasteiger charge is 2.32. The quantitative estimate of drug-likeness (QED) is 0.611. The van der Waals surface area contributed by atoms with Gasteiger partial charge in [0.2, 0.25) is 0 Å². The van der Waals surface area contributed by atoms with Crippen molar-refractivity contribution in [3.05, 3.63) is 0 Å². The second-order valence-electron chi connectivity index (χ2n) is 8.45. The predicted octanol–water partition coefficient (Wildman–Crippen LogP) is 2.57. The number of rotatable bonds is 5. The van der Waals surface area contributed by atoms with Gasteiger partial charge >= 0.3 is 0 Å². The highest BCUT2D eigenvalue weighted by Crippen LogP contribution is 2.28. The molecule has 2 heterocycles. The summed E-state index contributed by atoms with van der Waals surface area (Å²) in [6.07, 6.45) is 8.40. The molecule has 2 saturated heterocycles. The van der Waals surface area contributed by atoms with E-state index in [1.807, 2.05) is 0 Å². The molecule has 0 aromatic heterocycles. The van der Waals surface area contributed by atoms with E-state index in [4.69, 9.17) is 9.73 Å². The number of ether oxygens (including phenoxy) is 1. The monoisotopic (exact) mass is 350 g/mol. The standard InChI is InChI=1S/C20H38N4O/c1-4-21-20(23(3)13-17-9-7-16(2)8-10-17)22-12-19-14-24-11-5-6-18(24)15-25-19/h16-19H,4-15H2,1-3H3,(H,21,22). The summed E-state index contributed by atoms with van der Waals surface area (Å²) in [5.74, 6) is 2.79. The molecule has 144 valence electrons. The first kappa shape index (κ1) is 19.0. The Balaban J connectivity index is 1.49. The van der Waals surface area contributed by atoms with Crippen LogP contribution in [0.15, 0.2) is 4.99 Å². The number of morpholine rings is 1. The van der Waals surface area contributed by atoms with E-state index in [2.05, 4.69) is 36.0 Å². The van der Waals surface area contributed by atoms with Crippen LogP contribution in [0.2, 0.25) is 0 Å². The molecular formula is C20H38N4O. The van der Waals surface area contributed by atoms with Crippen molar-refractivity contribution in [3.8, 4) is 0 Å². The fourth-order valence-electron chi connectivity index (χ4n) is 4.64. The Bertz CT molecular complexity index is 433. The van der Waals surface area contributed by atoms with Crippen molar-refractivity contribution in [3.63, 3.8) is 0 Å². The van der Waals surface area contributed by atoms with Gasteiger partial charge in [-0.15, -0.1) is 0 Å². The Morgan fingerprint density at radius 1 is 1.24 bits per heavy atom. The van der Waals surface area contributed by atoms with Crippen LogP contribution in [0.1, 0.15) is 52.4 Å². The second-order valence-corrected chi connectivity index (χ2v) is 8.45. The Morgan fingerprint density at radius 3 is 2.80 bits per heavy atom. The lowest BCUT2D eigenvalue weighted by atomic mass is 9.83. The van der Waals surface area contributed by atoms with E-state index in [1.54, 1.807) is 0 Å². The topological polar surface area (TPSA) is 40.1 Å². The summed E-state index contributed by atoms with van der Waals surface area (Å²) in [6.45, 7) is 10.6. The SMILES string of the molecule is CCNC(=NCC1CN2CCCC2CO1)N(C)CC1CCC(C)CC1. The number of nitrogens with one attached hydrogen (secondary N) is 1. The molecule has 5 nitrogen and oxygen atoms in total. The van der Waals surface area contributed by atoms with Crippen LogP contribution < -0.4 is 5.32 Å². The van der Waals surface area contributed by atoms with Crippen molar-refractivity contribution in [2.75, 3.05) is 46.4 Å². The summed E-state index contributed by atoms with van der Waals surface area (Å²) in [4.78, 5) is 9.85. The lowest BCUT2D eigenvalue weighted by molar-refractivity contribution is -0.0432. The maximum atomic E-state index is 6.07. The smallest absolute Gasteiger partial charge is 0.193 e. The Hall–Kier alpha value is -0.810. The molecule has 1 N–H and O–H groups in total. The van der Waals surface area contributed by atoms with Gasteiger partial charge in [-0.05, 0) is 51.0 Å². The summed E-state index contributed by atoms with van der Waals surface area (Å²) >= 11 is 0. The molecule has 0 bridgehead atoms. The van der Waals surface area contributed by atoms with Gasteiger partial charge in [-0.3, -0.25) is 9.89 Å². The van der Waals surface area contributed by atoms with Gasteiger partial charge in [0.15, 0.2) is 5.96 Å². The lowest BCUT2D eigenvalue weighted by Gasteiger charge is -2.35. The minimum Gasteiger partial charge on any atom is -0.373 e. The van der Waals surface area contributed by atoms with Gasteiger partial charge in [0.1, 0.15) is 0 Å². The number of hydrogen-bond donors (Lipinski definition) is 1. The molecule has 2 unspecified atom stereocenters. The summed E-state index contributed by atoms with van der Waals surface area (Å²) in [6, 6.07) is 0.671. The number of fused-ring (bicyclic) bond motifs is 1. The average molecular weight is 351 g/mol. The van der Waals surface area contributed by atoms with Crippen LogP contribution in [0.5, 0.6) is 0 Å². The van der Waals surface area contributed by atoms with E-state index in [-0.39, 0.29) is 6.10 Å². The molecule has 0 amide bonds. The van der Waals surface area contributed by atoms with Crippen molar-refractivity contribution in [1.82, 2.24) is 15.1 Å². The number of hydrogen-bond acceptors (Lipinski definition) is 3. The third-order valence-corrected chi connectivity index (χ3v) is 6.27. The van der Waals surface area contributed by atoms with Gasteiger partial charge in [0.25, 0.3) is 0 Å². The Labute approximate surface area is 154 Å². The van der Waals surface area contributed by atoms with Crippen LogP contribution in [0.4, 0.5) is 0 Å². The Morgan fingerprint density at radius 2 is 2.04 bits per heavy atom. The van der Waals surface area contributed by atoms with Crippen LogP contribution >= 0.6 is 0 Å². The first-order valence-corrected chi connectivity index (χ1v) is 10.5. The third-order valence-electron chi connectivity index (χ3n) is 6.27. The normalized spacial score (nSPS) is 34.0. The van der Waals surface area contributed by atoms with Gasteiger partial charge in [-0.2, -0.15) is 0 Å². The summed E-state index contributed by atoms with van der Waals surface area (Å²) < 4.78 is 6.07. The van der Waals surface area contributed by atoms with Crippen LogP contribution in [0.3, 0.4) is 0 Å². The summed E-state index contributed by atoms with van der Waals surface area (Å²) in [5.41, 5.74) is 0. The van der Waals surface area contributed by atoms with Crippen molar-refractivity contribution < 1.29 is 4.74 Å². The van der Waals surface area contributed by atoms with E-state index >= 15 is 0 Å². The minimum atomic E-state index is 0.256. The number of aliphatic imine (C=N–C) groups is 1. The van der Waals surface area contributed by atoms with Crippen LogP contribution in [-0.2, 0) is 4.74 Å². The zero-order valence-corrected chi connectivity index (χ0v) is 16.5. The molecule has 0 aromatic rings. The highest BCUT2D eigenvalue weighted by atomic mass is 16.5. The highest BCUT2D eigenvalue weighted by molar-refractivity contribution is 5.79. The lowest BCUT2D eigenvalue weighted by Crippen LogP contribution is -2.48. The number of nitrogens with zero attached hydrogens (tertiary/aromatic N) is 3. The van der Waals surface area contributed by atoms with Crippen molar-refractivity contribution in [1.29, 1.82) is 0 Å². The van der Waals surface area contributed by atoms with Crippen LogP contribution in [-0.4, -0.2) is 74.3 Å². The molecule has 0 radical (unpaired) electrons. The van der Waals surface area contributed by atoms with Crippen LogP contribution in [0.25, 0.3) is 0 Å². The maximum Gasteiger partial charge on any atom is 0.193 e. The van der Waals surface area contributed by atoms with E-state index in [0.717, 1.165) is 50.6 Å². The maximum absolute atomic E-state index is 6.07. The van der Waals surface area contributed by atoms with Crippen LogP contribution in [0, 0.1) is 11.8 Å². The van der Waals surface area contributed by atoms with Gasteiger partial charge in [-0.25, -0.2) is 0 Å². The summed E-state index contributed by atoms with van der Waals surface area (Å²) in [7, 11) is 2.19. The molecule has 3 rings (SSSR count). The fraction of sp³-hybridized carbons (Fsp3) is 0.950. The fourth-order valence-corrected chi connectivity index (χ4v) is 4.64. The Kier molecular flexibility index (Phi) is 7.00. The predicted molar refractivity (Wildman–Crippen MR) is 104 cm³/mol. The van der Waals surface area contributed by atoms with Gasteiger partial charge in [0, 0.05) is 32.7 Å². The molecule has 1 saturated carbocycles. The van der Waals surface area contributed by atoms with Gasteiger partial charge in [0.05, 0.1) is 19.3 Å². The second kappa shape index (κ2) is 9.22. The molecule has 2 atom stereocenters. The summed E-state index contributed by atoms with van der Waals surface area (Å²) in [5, 5.41) is 3.47. The van der Waals surface area contributed by atoms with E-state index in [9.17, 15) is 0 Å². The molecule has 1 aliphatic carbocycles. The first-order valence-electron chi connectivity index (χ1n) is 10.5. The first-order chi connectivity index (χ1) is 12.2. The van der Waals surface area contributed by atoms with Gasteiger partial charge < -0.3 is 15.0 Å².